The van der Waals surface area contributed by atoms with Crippen molar-refractivity contribution < 1.29 is 14.3 Å². The second kappa shape index (κ2) is 7.80. The first-order chi connectivity index (χ1) is 14.1. The van der Waals surface area contributed by atoms with Crippen molar-refractivity contribution in [3.8, 4) is 11.5 Å². The largest absolute Gasteiger partial charge is 0.494 e. The molecular weight excluding hydrogens is 366 g/mol. The van der Waals surface area contributed by atoms with Crippen molar-refractivity contribution in [2.24, 2.45) is 5.92 Å². The van der Waals surface area contributed by atoms with E-state index in [0.29, 0.717) is 18.6 Å². The Balaban J connectivity index is 1.26. The zero-order chi connectivity index (χ0) is 20.0. The number of hydrogen-bond donors (Lipinski definition) is 1. The van der Waals surface area contributed by atoms with Gasteiger partial charge in [-0.15, -0.1) is 0 Å². The minimum Gasteiger partial charge on any atom is -0.494 e. The number of fused-ring (bicyclic) bond motifs is 1. The molecule has 158 valence electrons. The average Bonchev–Trinajstić information content (AvgIpc) is 3.20. The molecule has 29 heavy (non-hydrogen) atoms. The Morgan fingerprint density at radius 1 is 1.28 bits per heavy atom. The summed E-state index contributed by atoms with van der Waals surface area (Å²) >= 11 is 0. The molecule has 2 saturated heterocycles. The van der Waals surface area contributed by atoms with E-state index in [4.69, 9.17) is 9.47 Å². The number of rotatable bonds is 5. The smallest absolute Gasteiger partial charge is 0.226 e. The van der Waals surface area contributed by atoms with E-state index in [9.17, 15) is 4.79 Å². The first-order valence-electron chi connectivity index (χ1n) is 11.3. The molecule has 1 saturated carbocycles. The van der Waals surface area contributed by atoms with Crippen molar-refractivity contribution in [1.82, 2.24) is 15.1 Å². The van der Waals surface area contributed by atoms with E-state index in [0.717, 1.165) is 75.6 Å². The van der Waals surface area contributed by atoms with Gasteiger partial charge in [0.05, 0.1) is 6.61 Å². The van der Waals surface area contributed by atoms with Gasteiger partial charge in [-0.25, -0.2) is 0 Å². The van der Waals surface area contributed by atoms with Crippen LogP contribution in [0.3, 0.4) is 0 Å². The van der Waals surface area contributed by atoms with Crippen LogP contribution in [0.5, 0.6) is 11.5 Å². The van der Waals surface area contributed by atoms with Gasteiger partial charge in [-0.1, -0.05) is 0 Å². The topological polar surface area (TPSA) is 54.0 Å². The van der Waals surface area contributed by atoms with E-state index in [1.165, 1.54) is 5.56 Å². The fourth-order valence-electron chi connectivity index (χ4n) is 5.36. The van der Waals surface area contributed by atoms with Crippen LogP contribution in [0, 0.1) is 5.92 Å². The predicted molar refractivity (Wildman–Crippen MR) is 112 cm³/mol. The molecule has 3 heterocycles. The Labute approximate surface area is 173 Å². The minimum absolute atomic E-state index is 0.104. The highest BCUT2D eigenvalue weighted by Crippen LogP contribution is 2.53. The lowest BCUT2D eigenvalue weighted by Gasteiger charge is -2.32. The van der Waals surface area contributed by atoms with E-state index < -0.39 is 0 Å². The second-order valence-corrected chi connectivity index (χ2v) is 9.02. The second-order valence-electron chi connectivity index (χ2n) is 9.02. The number of nitrogens with zero attached hydrogens (tertiary/aromatic N) is 2. The monoisotopic (exact) mass is 399 g/mol. The van der Waals surface area contributed by atoms with Crippen LogP contribution in [0.1, 0.15) is 43.7 Å². The summed E-state index contributed by atoms with van der Waals surface area (Å²) in [7, 11) is 0. The maximum absolute atomic E-state index is 13.2. The molecule has 4 aliphatic rings. The predicted octanol–water partition coefficient (Wildman–Crippen LogP) is 2.02. The van der Waals surface area contributed by atoms with Gasteiger partial charge in [0.15, 0.2) is 0 Å². The van der Waals surface area contributed by atoms with Gasteiger partial charge in [0.1, 0.15) is 17.6 Å². The van der Waals surface area contributed by atoms with Crippen LogP contribution >= 0.6 is 0 Å². The number of ether oxygens (including phenoxy) is 2. The van der Waals surface area contributed by atoms with Gasteiger partial charge in [-0.05, 0) is 38.8 Å². The molecule has 0 spiro atoms. The molecule has 0 bridgehead atoms. The Bertz CT molecular complexity index is 777. The van der Waals surface area contributed by atoms with Crippen molar-refractivity contribution in [3.63, 3.8) is 0 Å². The average molecular weight is 400 g/mol. The van der Waals surface area contributed by atoms with Crippen molar-refractivity contribution in [3.05, 3.63) is 23.3 Å². The molecule has 0 radical (unpaired) electrons. The zero-order valence-corrected chi connectivity index (χ0v) is 17.7. The summed E-state index contributed by atoms with van der Waals surface area (Å²) in [5.41, 5.74) is 2.39. The molecule has 1 aliphatic carbocycles. The van der Waals surface area contributed by atoms with Crippen LogP contribution in [0.4, 0.5) is 0 Å². The lowest BCUT2D eigenvalue weighted by molar-refractivity contribution is -0.131. The summed E-state index contributed by atoms with van der Waals surface area (Å²) in [6, 6.07) is 4.83. The third-order valence-corrected chi connectivity index (χ3v) is 6.98. The molecule has 1 N–H and O–H groups in total. The third kappa shape index (κ3) is 3.73. The Hall–Kier alpha value is -1.79. The number of amides is 1. The molecule has 1 amide bonds. The standard InChI is InChI=1S/C23H33N3O3/c1-3-28-22-11-16-10-15(2)29-21(16)13-19(22)18-12-20(18)23(27)26-7-4-17(14-26)25-8-5-24-6-9-25/h11,13,15,17-18,20,24H,3-10,12,14H2,1-2H3. The molecule has 4 atom stereocenters. The molecule has 3 fully saturated rings. The van der Waals surface area contributed by atoms with Gasteiger partial charge in [-0.3, -0.25) is 9.69 Å². The molecule has 6 nitrogen and oxygen atoms in total. The highest BCUT2D eigenvalue weighted by molar-refractivity contribution is 5.83. The molecule has 1 aromatic rings. The Kier molecular flexibility index (Phi) is 5.16. The molecule has 1 aromatic carbocycles. The number of hydrogen-bond acceptors (Lipinski definition) is 5. The normalized spacial score (nSPS) is 31.4. The summed E-state index contributed by atoms with van der Waals surface area (Å²) in [4.78, 5) is 17.9. The van der Waals surface area contributed by atoms with Gasteiger partial charge in [-0.2, -0.15) is 0 Å². The molecule has 4 unspecified atom stereocenters. The third-order valence-electron chi connectivity index (χ3n) is 6.98. The Morgan fingerprint density at radius 2 is 2.10 bits per heavy atom. The number of likely N-dealkylation sites (tertiary alicyclic amines) is 1. The lowest BCUT2D eigenvalue weighted by Crippen LogP contribution is -2.49. The number of carbonyl (C=O) groups is 1. The number of piperazine rings is 1. The molecule has 3 aliphatic heterocycles. The summed E-state index contributed by atoms with van der Waals surface area (Å²) < 4.78 is 11.9. The summed E-state index contributed by atoms with van der Waals surface area (Å²) in [5, 5.41) is 3.42. The fourth-order valence-corrected chi connectivity index (χ4v) is 5.36. The first kappa shape index (κ1) is 19.2. The van der Waals surface area contributed by atoms with Crippen LogP contribution in [0.2, 0.25) is 0 Å². The summed E-state index contributed by atoms with van der Waals surface area (Å²) in [6.07, 6.45) is 3.20. The summed E-state index contributed by atoms with van der Waals surface area (Å²) in [5.74, 6) is 2.64. The number of nitrogens with one attached hydrogen (secondary N) is 1. The van der Waals surface area contributed by atoms with E-state index in [1.54, 1.807) is 0 Å². The number of benzene rings is 1. The highest BCUT2D eigenvalue weighted by Gasteiger charge is 2.48. The maximum Gasteiger partial charge on any atom is 0.226 e. The SMILES string of the molecule is CCOc1cc2c(cc1C1CC1C(=O)N1CCC(N3CCNCC3)C1)OC(C)C2. The van der Waals surface area contributed by atoms with Crippen molar-refractivity contribution in [2.45, 2.75) is 51.2 Å². The maximum atomic E-state index is 13.2. The molecule has 5 rings (SSSR count). The van der Waals surface area contributed by atoms with Crippen LogP contribution in [0.15, 0.2) is 12.1 Å². The van der Waals surface area contributed by atoms with Crippen molar-refractivity contribution in [2.75, 3.05) is 45.9 Å². The molecule has 6 heteroatoms. The van der Waals surface area contributed by atoms with Gasteiger partial charge in [0.25, 0.3) is 0 Å². The zero-order valence-electron chi connectivity index (χ0n) is 17.7. The fraction of sp³-hybridized carbons (Fsp3) is 0.696. The van der Waals surface area contributed by atoms with Crippen LogP contribution in [-0.2, 0) is 11.2 Å². The number of carbonyl (C=O) groups excluding carboxylic acids is 1. The van der Waals surface area contributed by atoms with E-state index in [2.05, 4.69) is 34.2 Å². The quantitative estimate of drug-likeness (QED) is 0.821. The Morgan fingerprint density at radius 3 is 2.90 bits per heavy atom. The molecular formula is C23H33N3O3. The van der Waals surface area contributed by atoms with Crippen molar-refractivity contribution in [1.29, 1.82) is 0 Å². The van der Waals surface area contributed by atoms with Crippen LogP contribution in [-0.4, -0.2) is 73.7 Å². The van der Waals surface area contributed by atoms with Crippen LogP contribution in [0.25, 0.3) is 0 Å². The van der Waals surface area contributed by atoms with Gasteiger partial charge in [0.2, 0.25) is 5.91 Å². The van der Waals surface area contributed by atoms with E-state index in [1.807, 2.05) is 6.92 Å². The van der Waals surface area contributed by atoms with Gasteiger partial charge >= 0.3 is 0 Å². The first-order valence-corrected chi connectivity index (χ1v) is 11.3. The minimum atomic E-state index is 0.104. The molecule has 0 aromatic heterocycles. The van der Waals surface area contributed by atoms with E-state index >= 15 is 0 Å². The highest BCUT2D eigenvalue weighted by atomic mass is 16.5. The van der Waals surface area contributed by atoms with Gasteiger partial charge in [0, 0.05) is 74.7 Å². The lowest BCUT2D eigenvalue weighted by atomic mass is 10.0. The van der Waals surface area contributed by atoms with Gasteiger partial charge < -0.3 is 19.7 Å². The van der Waals surface area contributed by atoms with E-state index in [-0.39, 0.29) is 17.9 Å². The summed E-state index contributed by atoms with van der Waals surface area (Å²) in [6.45, 7) is 10.9. The van der Waals surface area contributed by atoms with Crippen molar-refractivity contribution >= 4 is 5.91 Å². The van der Waals surface area contributed by atoms with Crippen LogP contribution < -0.4 is 14.8 Å².